The Kier molecular flexibility index (Phi) is 7.29. The molecule has 2 aromatic heterocycles. The number of anilines is 1. The Morgan fingerprint density at radius 1 is 1.18 bits per heavy atom. The summed E-state index contributed by atoms with van der Waals surface area (Å²) in [6, 6.07) is 19.4. The minimum absolute atomic E-state index is 0.00591. The highest BCUT2D eigenvalue weighted by molar-refractivity contribution is 6.03. The Morgan fingerprint density at radius 3 is 2.69 bits per heavy atom. The molecule has 0 saturated carbocycles. The van der Waals surface area contributed by atoms with E-state index in [1.54, 1.807) is 37.3 Å². The van der Waals surface area contributed by atoms with Crippen LogP contribution in [0.15, 0.2) is 60.7 Å². The van der Waals surface area contributed by atoms with Crippen LogP contribution in [0.25, 0.3) is 17.1 Å². The van der Waals surface area contributed by atoms with Crippen LogP contribution in [0.3, 0.4) is 0 Å². The first kappa shape index (κ1) is 25.9. The highest BCUT2D eigenvalue weighted by Gasteiger charge is 2.28. The third-order valence-electron chi connectivity index (χ3n) is 7.14. The second-order valence-corrected chi connectivity index (χ2v) is 9.75. The van der Waals surface area contributed by atoms with Gasteiger partial charge in [0.2, 0.25) is 5.91 Å². The van der Waals surface area contributed by atoms with Gasteiger partial charge in [-0.05, 0) is 93.1 Å². The first-order chi connectivity index (χ1) is 18.9. The predicted octanol–water partition coefficient (Wildman–Crippen LogP) is 6.28. The smallest absolute Gasteiger partial charge is 0.338 e. The van der Waals surface area contributed by atoms with E-state index in [-0.39, 0.29) is 11.9 Å². The van der Waals surface area contributed by atoms with Gasteiger partial charge in [-0.25, -0.2) is 9.78 Å². The molecule has 39 heavy (non-hydrogen) atoms. The number of nitrogens with one attached hydrogen (secondary N) is 1. The molecule has 196 valence electrons. The van der Waals surface area contributed by atoms with Crippen molar-refractivity contribution in [2.45, 2.75) is 46.1 Å². The van der Waals surface area contributed by atoms with Crippen molar-refractivity contribution in [3.63, 3.8) is 0 Å². The number of esters is 1. The minimum Gasteiger partial charge on any atom is -0.462 e. The van der Waals surface area contributed by atoms with Gasteiger partial charge in [-0.2, -0.15) is 5.26 Å². The van der Waals surface area contributed by atoms with Crippen molar-refractivity contribution in [2.75, 3.05) is 11.9 Å². The zero-order chi connectivity index (χ0) is 27.5. The Bertz CT molecular complexity index is 1640. The summed E-state index contributed by atoms with van der Waals surface area (Å²) in [6.45, 7) is 6.00. The number of nitrogens with zero attached hydrogens (tertiary/aromatic N) is 3. The molecule has 2 aromatic carbocycles. The molecule has 0 bridgehead atoms. The van der Waals surface area contributed by atoms with Gasteiger partial charge >= 0.3 is 5.97 Å². The lowest BCUT2D eigenvalue weighted by atomic mass is 9.87. The van der Waals surface area contributed by atoms with Gasteiger partial charge in [-0.3, -0.25) is 4.79 Å². The van der Waals surface area contributed by atoms with Crippen LogP contribution in [0.4, 0.5) is 5.69 Å². The Hall–Kier alpha value is -4.70. The fraction of sp³-hybridized carbons (Fsp3) is 0.250. The van der Waals surface area contributed by atoms with Gasteiger partial charge in [0.1, 0.15) is 11.7 Å². The van der Waals surface area contributed by atoms with Crippen LogP contribution in [0.1, 0.15) is 69.8 Å². The van der Waals surface area contributed by atoms with Gasteiger partial charge in [-0.1, -0.05) is 24.3 Å². The predicted molar refractivity (Wildman–Crippen MR) is 152 cm³/mol. The van der Waals surface area contributed by atoms with E-state index < -0.39 is 5.97 Å². The van der Waals surface area contributed by atoms with Crippen LogP contribution in [0.5, 0.6) is 0 Å². The van der Waals surface area contributed by atoms with Gasteiger partial charge < -0.3 is 14.6 Å². The summed E-state index contributed by atoms with van der Waals surface area (Å²) in [7, 11) is 0. The van der Waals surface area contributed by atoms with Crippen LogP contribution >= 0.6 is 0 Å². The normalized spacial score (nSPS) is 14.7. The molecule has 1 aliphatic rings. The summed E-state index contributed by atoms with van der Waals surface area (Å²) in [5, 5.41) is 13.9. The molecule has 7 nitrogen and oxygen atoms in total. The highest BCUT2D eigenvalue weighted by Crippen LogP contribution is 2.39. The second-order valence-electron chi connectivity index (χ2n) is 9.75. The van der Waals surface area contributed by atoms with E-state index in [1.807, 2.05) is 26.0 Å². The molecule has 0 fully saturated rings. The standard InChI is InChI=1S/C32H30N4O3/c1-4-39-32(38)23-12-14-24(15-13-23)35-29(37)17-16-28-26(19-33)30-20(2)18-21(3)34-31(30)36(28)27-11-7-9-22-8-5-6-10-25(22)27/h5-6,8,10,12-18,27H,4,7,9,11H2,1-3H3,(H,35,37)/b17-16+/t27-/m0/s1. The summed E-state index contributed by atoms with van der Waals surface area (Å²) >= 11 is 0. The van der Waals surface area contributed by atoms with Crippen LogP contribution in [-0.4, -0.2) is 28.0 Å². The Morgan fingerprint density at radius 2 is 1.95 bits per heavy atom. The number of aryl methyl sites for hydroxylation is 3. The fourth-order valence-corrected chi connectivity index (χ4v) is 5.49. The van der Waals surface area contributed by atoms with E-state index in [9.17, 15) is 14.9 Å². The molecule has 0 aliphatic heterocycles. The van der Waals surface area contributed by atoms with Gasteiger partial charge in [-0.15, -0.1) is 0 Å². The zero-order valence-corrected chi connectivity index (χ0v) is 22.3. The first-order valence-corrected chi connectivity index (χ1v) is 13.2. The lowest BCUT2D eigenvalue weighted by Gasteiger charge is -2.28. The highest BCUT2D eigenvalue weighted by atomic mass is 16.5. The van der Waals surface area contributed by atoms with Crippen LogP contribution in [0.2, 0.25) is 0 Å². The number of ether oxygens (including phenoxy) is 1. The molecule has 1 N–H and O–H groups in total. The first-order valence-electron chi connectivity index (χ1n) is 13.2. The molecule has 1 amide bonds. The van der Waals surface area contributed by atoms with E-state index in [2.05, 4.69) is 34.2 Å². The number of rotatable bonds is 6. The van der Waals surface area contributed by atoms with E-state index in [1.165, 1.54) is 17.2 Å². The minimum atomic E-state index is -0.407. The number of pyridine rings is 1. The maximum Gasteiger partial charge on any atom is 0.338 e. The van der Waals surface area contributed by atoms with Crippen molar-refractivity contribution in [1.29, 1.82) is 5.26 Å². The SMILES string of the molecule is CCOC(=O)c1ccc(NC(=O)/C=C/c2c(C#N)c3c(C)cc(C)nc3n2[C@H]2CCCc3ccccc32)cc1. The number of benzene rings is 2. The van der Waals surface area contributed by atoms with Crippen molar-refractivity contribution in [1.82, 2.24) is 9.55 Å². The number of hydrogen-bond acceptors (Lipinski definition) is 5. The third kappa shape index (κ3) is 5.06. The number of carbonyl (C=O) groups excluding carboxylic acids is 2. The van der Waals surface area contributed by atoms with E-state index >= 15 is 0 Å². The number of aromatic nitrogens is 2. The number of nitriles is 1. The summed E-state index contributed by atoms with van der Waals surface area (Å²) in [5.74, 6) is -0.750. The molecule has 1 aliphatic carbocycles. The molecule has 0 saturated heterocycles. The zero-order valence-electron chi connectivity index (χ0n) is 22.3. The van der Waals surface area contributed by atoms with Gasteiger partial charge in [0.15, 0.2) is 0 Å². The monoisotopic (exact) mass is 518 g/mol. The molecule has 0 radical (unpaired) electrons. The van der Waals surface area contributed by atoms with Crippen LogP contribution in [-0.2, 0) is 16.0 Å². The van der Waals surface area contributed by atoms with Crippen molar-refractivity contribution >= 4 is 34.7 Å². The largest absolute Gasteiger partial charge is 0.462 e. The average molecular weight is 519 g/mol. The fourth-order valence-electron chi connectivity index (χ4n) is 5.49. The number of carbonyl (C=O) groups is 2. The second kappa shape index (κ2) is 11.0. The summed E-state index contributed by atoms with van der Waals surface area (Å²) in [5.41, 5.74) is 7.31. The van der Waals surface area contributed by atoms with E-state index in [0.29, 0.717) is 29.1 Å². The van der Waals surface area contributed by atoms with Gasteiger partial charge in [0.05, 0.1) is 29.5 Å². The lowest BCUT2D eigenvalue weighted by Crippen LogP contribution is -2.19. The van der Waals surface area contributed by atoms with Crippen molar-refractivity contribution < 1.29 is 14.3 Å². The maximum absolute atomic E-state index is 12.9. The number of fused-ring (bicyclic) bond motifs is 2. The molecular formula is C32H30N4O3. The van der Waals surface area contributed by atoms with Crippen molar-refractivity contribution in [3.05, 3.63) is 99.9 Å². The summed E-state index contributed by atoms with van der Waals surface area (Å²) < 4.78 is 7.15. The lowest BCUT2D eigenvalue weighted by molar-refractivity contribution is -0.111. The molecule has 2 heterocycles. The molecule has 5 rings (SSSR count). The summed E-state index contributed by atoms with van der Waals surface area (Å²) in [4.78, 5) is 29.7. The van der Waals surface area contributed by atoms with Crippen molar-refractivity contribution in [2.24, 2.45) is 0 Å². The van der Waals surface area contributed by atoms with Crippen LogP contribution in [0, 0.1) is 25.2 Å². The van der Waals surface area contributed by atoms with E-state index in [0.717, 1.165) is 41.6 Å². The quantitative estimate of drug-likeness (QED) is 0.239. The van der Waals surface area contributed by atoms with Gasteiger partial charge in [0.25, 0.3) is 0 Å². The van der Waals surface area contributed by atoms with Crippen LogP contribution < -0.4 is 5.32 Å². The molecule has 0 spiro atoms. The molecule has 7 heteroatoms. The topological polar surface area (TPSA) is 97.0 Å². The molecular weight excluding hydrogens is 488 g/mol. The van der Waals surface area contributed by atoms with E-state index in [4.69, 9.17) is 9.72 Å². The number of amides is 1. The maximum atomic E-state index is 12.9. The molecule has 0 unspecified atom stereocenters. The van der Waals surface area contributed by atoms with Crippen molar-refractivity contribution in [3.8, 4) is 6.07 Å². The van der Waals surface area contributed by atoms with Gasteiger partial charge in [0, 0.05) is 22.8 Å². The molecule has 4 aromatic rings. The third-order valence-corrected chi connectivity index (χ3v) is 7.14. The average Bonchev–Trinajstić information content (AvgIpc) is 3.25. The number of hydrogen-bond donors (Lipinski definition) is 1. The Labute approximate surface area is 227 Å². The Balaban J connectivity index is 1.54. The molecule has 1 atom stereocenters. The summed E-state index contributed by atoms with van der Waals surface area (Å²) in [6.07, 6.45) is 6.13.